The van der Waals surface area contributed by atoms with Crippen LogP contribution >= 0.6 is 0 Å². The lowest BCUT2D eigenvalue weighted by molar-refractivity contribution is 0.354. The number of rotatable bonds is 7. The Kier molecular flexibility index (Phi) is 7.18. The third-order valence-corrected chi connectivity index (χ3v) is 6.38. The van der Waals surface area contributed by atoms with E-state index in [-0.39, 0.29) is 18.1 Å². The predicted molar refractivity (Wildman–Crippen MR) is 131 cm³/mol. The summed E-state index contributed by atoms with van der Waals surface area (Å²) in [6.07, 6.45) is 0.351. The number of nitrogens with zero attached hydrogens (tertiary/aromatic N) is 2. The van der Waals surface area contributed by atoms with E-state index in [1.807, 2.05) is 37.3 Å². The molecule has 1 aromatic heterocycles. The molecule has 0 spiro atoms. The largest absolute Gasteiger partial charge is 0.493 e. The number of benzene rings is 3. The van der Waals surface area contributed by atoms with Crippen LogP contribution in [0.5, 0.6) is 11.5 Å². The average Bonchev–Trinajstić information content (AvgIpc) is 2.79. The van der Waals surface area contributed by atoms with Crippen LogP contribution in [0.15, 0.2) is 71.6 Å². The molecule has 0 radical (unpaired) electrons. The number of hydrogen-bond acceptors (Lipinski definition) is 6. The van der Waals surface area contributed by atoms with Gasteiger partial charge in [0.2, 0.25) is 0 Å². The standard InChI is InChI=1S/C24H23N3O4S.CH4/c1-16-8-11-18(12-9-16)32(28,29)27-24-21(25-19-6-4-5-7-20(19)26-24)14-17-10-13-22(30-2)23(15-17)31-3;/h4-13,15H,14H2,1-3H3,(H,26,27);1H4. The van der Waals surface area contributed by atoms with Crippen molar-refractivity contribution >= 4 is 26.9 Å². The summed E-state index contributed by atoms with van der Waals surface area (Å²) >= 11 is 0. The third kappa shape index (κ3) is 5.23. The van der Waals surface area contributed by atoms with Gasteiger partial charge >= 0.3 is 0 Å². The van der Waals surface area contributed by atoms with E-state index in [1.54, 1.807) is 50.6 Å². The van der Waals surface area contributed by atoms with Crippen LogP contribution in [0.3, 0.4) is 0 Å². The van der Waals surface area contributed by atoms with Gasteiger partial charge in [0, 0.05) is 6.42 Å². The van der Waals surface area contributed by atoms with Gasteiger partial charge in [-0.3, -0.25) is 4.72 Å². The van der Waals surface area contributed by atoms with Crippen molar-refractivity contribution in [2.24, 2.45) is 0 Å². The molecule has 0 unspecified atom stereocenters. The maximum Gasteiger partial charge on any atom is 0.263 e. The second-order valence-corrected chi connectivity index (χ2v) is 8.97. The van der Waals surface area contributed by atoms with Gasteiger partial charge in [0.25, 0.3) is 10.0 Å². The molecule has 0 aliphatic carbocycles. The summed E-state index contributed by atoms with van der Waals surface area (Å²) in [5, 5.41) is 0. The van der Waals surface area contributed by atoms with E-state index in [1.165, 1.54) is 0 Å². The summed E-state index contributed by atoms with van der Waals surface area (Å²) in [7, 11) is -0.692. The molecular formula is C25H27N3O4S. The van der Waals surface area contributed by atoms with Crippen molar-refractivity contribution in [1.29, 1.82) is 0 Å². The molecule has 8 heteroatoms. The minimum Gasteiger partial charge on any atom is -0.493 e. The van der Waals surface area contributed by atoms with E-state index in [2.05, 4.69) is 9.71 Å². The van der Waals surface area contributed by atoms with Crippen molar-refractivity contribution in [3.8, 4) is 11.5 Å². The first-order chi connectivity index (χ1) is 15.4. The van der Waals surface area contributed by atoms with E-state index in [0.29, 0.717) is 34.6 Å². The number of hydrogen-bond donors (Lipinski definition) is 1. The monoisotopic (exact) mass is 465 g/mol. The smallest absolute Gasteiger partial charge is 0.263 e. The number of fused-ring (bicyclic) bond motifs is 1. The van der Waals surface area contributed by atoms with Gasteiger partial charge in [-0.1, -0.05) is 43.3 Å². The minimum absolute atomic E-state index is 0. The zero-order valence-corrected chi connectivity index (χ0v) is 18.8. The Morgan fingerprint density at radius 3 is 2.12 bits per heavy atom. The number of ether oxygens (including phenoxy) is 2. The SMILES string of the molecule is C.COc1ccc(Cc2nc3ccccc3nc2NS(=O)(=O)c2ccc(C)cc2)cc1OC. The van der Waals surface area contributed by atoms with Crippen molar-refractivity contribution in [3.05, 3.63) is 83.6 Å². The van der Waals surface area contributed by atoms with Gasteiger partial charge in [-0.25, -0.2) is 18.4 Å². The van der Waals surface area contributed by atoms with E-state index in [4.69, 9.17) is 14.5 Å². The number of aromatic nitrogens is 2. The number of anilines is 1. The summed E-state index contributed by atoms with van der Waals surface area (Å²) in [5.41, 5.74) is 3.64. The number of aryl methyl sites for hydroxylation is 1. The fourth-order valence-corrected chi connectivity index (χ4v) is 4.36. The van der Waals surface area contributed by atoms with Crippen LogP contribution in [0.1, 0.15) is 24.2 Å². The Hall–Kier alpha value is -3.65. The lowest BCUT2D eigenvalue weighted by atomic mass is 10.1. The second-order valence-electron chi connectivity index (χ2n) is 7.29. The molecule has 0 saturated heterocycles. The first kappa shape index (κ1) is 24.0. The van der Waals surface area contributed by atoms with Gasteiger partial charge in [0.1, 0.15) is 0 Å². The zero-order chi connectivity index (χ0) is 22.7. The first-order valence-electron chi connectivity index (χ1n) is 9.95. The van der Waals surface area contributed by atoms with Crippen LogP contribution in [-0.2, 0) is 16.4 Å². The van der Waals surface area contributed by atoms with Gasteiger partial charge in [-0.15, -0.1) is 0 Å². The molecule has 172 valence electrons. The van der Waals surface area contributed by atoms with Gasteiger partial charge < -0.3 is 9.47 Å². The van der Waals surface area contributed by atoms with Crippen molar-refractivity contribution in [3.63, 3.8) is 0 Å². The predicted octanol–water partition coefficient (Wildman–Crippen LogP) is 4.98. The van der Waals surface area contributed by atoms with Crippen molar-refractivity contribution in [1.82, 2.24) is 9.97 Å². The second kappa shape index (κ2) is 9.87. The molecule has 0 aliphatic heterocycles. The first-order valence-corrected chi connectivity index (χ1v) is 11.4. The third-order valence-electron chi connectivity index (χ3n) is 5.02. The van der Waals surface area contributed by atoms with Gasteiger partial charge in [-0.2, -0.15) is 0 Å². The van der Waals surface area contributed by atoms with Crippen molar-refractivity contribution in [2.45, 2.75) is 25.7 Å². The molecule has 33 heavy (non-hydrogen) atoms. The fourth-order valence-electron chi connectivity index (χ4n) is 3.33. The molecule has 0 fully saturated rings. The van der Waals surface area contributed by atoms with Gasteiger partial charge in [-0.05, 0) is 48.9 Å². The van der Waals surface area contributed by atoms with Crippen LogP contribution in [0.4, 0.5) is 5.82 Å². The summed E-state index contributed by atoms with van der Waals surface area (Å²) in [6, 6.07) is 19.5. The van der Waals surface area contributed by atoms with Gasteiger partial charge in [0.15, 0.2) is 17.3 Å². The molecule has 0 saturated carbocycles. The molecule has 1 N–H and O–H groups in total. The molecule has 3 aromatic carbocycles. The molecule has 0 amide bonds. The number of methoxy groups -OCH3 is 2. The summed E-state index contributed by atoms with van der Waals surface area (Å²) in [5.74, 6) is 1.39. The van der Waals surface area contributed by atoms with Crippen LogP contribution in [0.2, 0.25) is 0 Å². The van der Waals surface area contributed by atoms with Crippen molar-refractivity contribution in [2.75, 3.05) is 18.9 Å². The minimum atomic E-state index is -3.83. The summed E-state index contributed by atoms with van der Waals surface area (Å²) in [4.78, 5) is 9.43. The van der Waals surface area contributed by atoms with E-state index < -0.39 is 10.0 Å². The van der Waals surface area contributed by atoms with Crippen LogP contribution in [0.25, 0.3) is 11.0 Å². The van der Waals surface area contributed by atoms with Crippen molar-refractivity contribution < 1.29 is 17.9 Å². The Morgan fingerprint density at radius 2 is 1.48 bits per heavy atom. The van der Waals surface area contributed by atoms with Crippen LogP contribution in [0, 0.1) is 6.92 Å². The number of para-hydroxylation sites is 2. The lowest BCUT2D eigenvalue weighted by Crippen LogP contribution is -2.16. The Labute approximate surface area is 194 Å². The molecule has 0 bridgehead atoms. The maximum absolute atomic E-state index is 13.0. The number of nitrogens with one attached hydrogen (secondary N) is 1. The highest BCUT2D eigenvalue weighted by Gasteiger charge is 2.19. The zero-order valence-electron chi connectivity index (χ0n) is 18.0. The molecule has 4 rings (SSSR count). The van der Waals surface area contributed by atoms with E-state index in [0.717, 1.165) is 11.1 Å². The number of sulfonamides is 1. The molecular weight excluding hydrogens is 438 g/mol. The van der Waals surface area contributed by atoms with Crippen LogP contribution in [-0.4, -0.2) is 32.6 Å². The molecule has 7 nitrogen and oxygen atoms in total. The maximum atomic E-state index is 13.0. The van der Waals surface area contributed by atoms with E-state index >= 15 is 0 Å². The Balaban J connectivity index is 0.00000306. The molecule has 4 aromatic rings. The summed E-state index contributed by atoms with van der Waals surface area (Å²) in [6.45, 7) is 1.90. The average molecular weight is 466 g/mol. The fraction of sp³-hybridized carbons (Fsp3) is 0.200. The highest BCUT2D eigenvalue weighted by atomic mass is 32.2. The highest BCUT2D eigenvalue weighted by Crippen LogP contribution is 2.30. The van der Waals surface area contributed by atoms with Crippen LogP contribution < -0.4 is 14.2 Å². The normalized spacial score (nSPS) is 11.0. The Morgan fingerprint density at radius 1 is 0.848 bits per heavy atom. The molecule has 1 heterocycles. The molecule has 0 atom stereocenters. The Bertz CT molecular complexity index is 1370. The highest BCUT2D eigenvalue weighted by molar-refractivity contribution is 7.92. The topological polar surface area (TPSA) is 90.4 Å². The van der Waals surface area contributed by atoms with Gasteiger partial charge in [0.05, 0.1) is 35.8 Å². The quantitative estimate of drug-likeness (QED) is 0.414. The van der Waals surface area contributed by atoms with E-state index in [9.17, 15) is 8.42 Å². The lowest BCUT2D eigenvalue weighted by Gasteiger charge is -2.14. The molecule has 0 aliphatic rings. The summed E-state index contributed by atoms with van der Waals surface area (Å²) < 4.78 is 39.4.